The highest BCUT2D eigenvalue weighted by atomic mass is 35.5. The van der Waals surface area contributed by atoms with E-state index >= 15 is 0 Å². The molecule has 0 amide bonds. The zero-order valence-corrected chi connectivity index (χ0v) is 10.6. The van der Waals surface area contributed by atoms with E-state index in [1.54, 1.807) is 0 Å². The molecule has 0 aliphatic heterocycles. The molecule has 2 N–H and O–H groups in total. The molecule has 3 nitrogen and oxygen atoms in total. The molecule has 0 aliphatic rings. The standard InChI is InChI=1S/C13H16ClN3/c1-17-9-12(13(16-17)3-2-8-15)10-4-6-11(14)7-5-10/h4-7,9H,2-3,8,15H2,1H3. The van der Waals surface area contributed by atoms with Gasteiger partial charge in [-0.3, -0.25) is 4.68 Å². The maximum Gasteiger partial charge on any atom is 0.0703 e. The molecule has 0 saturated carbocycles. The van der Waals surface area contributed by atoms with Crippen molar-refractivity contribution in [2.24, 2.45) is 12.8 Å². The summed E-state index contributed by atoms with van der Waals surface area (Å²) in [5, 5.41) is 5.23. The van der Waals surface area contributed by atoms with Crippen LogP contribution in [0.5, 0.6) is 0 Å². The van der Waals surface area contributed by atoms with E-state index in [9.17, 15) is 0 Å². The third-order valence-corrected chi connectivity index (χ3v) is 2.93. The Morgan fingerprint density at radius 1 is 1.29 bits per heavy atom. The van der Waals surface area contributed by atoms with Crippen LogP contribution in [0.15, 0.2) is 30.5 Å². The molecule has 0 spiro atoms. The highest BCUT2D eigenvalue weighted by molar-refractivity contribution is 6.30. The van der Waals surface area contributed by atoms with Gasteiger partial charge in [-0.05, 0) is 37.1 Å². The predicted octanol–water partition coefficient (Wildman–Crippen LogP) is 2.63. The van der Waals surface area contributed by atoms with E-state index in [-0.39, 0.29) is 0 Å². The topological polar surface area (TPSA) is 43.8 Å². The van der Waals surface area contributed by atoms with Crippen molar-refractivity contribution >= 4 is 11.6 Å². The van der Waals surface area contributed by atoms with E-state index < -0.39 is 0 Å². The zero-order chi connectivity index (χ0) is 12.3. The number of aryl methyl sites for hydroxylation is 2. The number of hydrogen-bond donors (Lipinski definition) is 1. The summed E-state index contributed by atoms with van der Waals surface area (Å²) >= 11 is 5.89. The van der Waals surface area contributed by atoms with Gasteiger partial charge in [0.2, 0.25) is 0 Å². The van der Waals surface area contributed by atoms with Gasteiger partial charge in [-0.1, -0.05) is 23.7 Å². The van der Waals surface area contributed by atoms with Crippen molar-refractivity contribution in [3.63, 3.8) is 0 Å². The van der Waals surface area contributed by atoms with E-state index in [4.69, 9.17) is 17.3 Å². The summed E-state index contributed by atoms with van der Waals surface area (Å²) in [6.07, 6.45) is 3.90. The minimum atomic E-state index is 0.691. The van der Waals surface area contributed by atoms with Crippen LogP contribution >= 0.6 is 11.6 Å². The average molecular weight is 250 g/mol. The molecular formula is C13H16ClN3. The Morgan fingerprint density at radius 3 is 2.65 bits per heavy atom. The van der Waals surface area contributed by atoms with Crippen molar-refractivity contribution in [1.29, 1.82) is 0 Å². The lowest BCUT2D eigenvalue weighted by molar-refractivity contribution is 0.723. The Kier molecular flexibility index (Phi) is 3.82. The van der Waals surface area contributed by atoms with Gasteiger partial charge >= 0.3 is 0 Å². The zero-order valence-electron chi connectivity index (χ0n) is 9.86. The number of benzene rings is 1. The van der Waals surface area contributed by atoms with E-state index in [0.717, 1.165) is 34.7 Å². The molecule has 0 fully saturated rings. The van der Waals surface area contributed by atoms with Gasteiger partial charge in [-0.2, -0.15) is 5.10 Å². The highest BCUT2D eigenvalue weighted by Crippen LogP contribution is 2.25. The van der Waals surface area contributed by atoms with Crippen LogP contribution in [0, 0.1) is 0 Å². The van der Waals surface area contributed by atoms with Gasteiger partial charge in [-0.25, -0.2) is 0 Å². The van der Waals surface area contributed by atoms with Gasteiger partial charge in [0.05, 0.1) is 5.69 Å². The number of aromatic nitrogens is 2. The molecular weight excluding hydrogens is 234 g/mol. The lowest BCUT2D eigenvalue weighted by Crippen LogP contribution is -2.01. The van der Waals surface area contributed by atoms with Crippen LogP contribution < -0.4 is 5.73 Å². The van der Waals surface area contributed by atoms with Gasteiger partial charge in [0, 0.05) is 23.8 Å². The minimum Gasteiger partial charge on any atom is -0.330 e. The molecule has 0 radical (unpaired) electrons. The van der Waals surface area contributed by atoms with Crippen LogP contribution in [0.25, 0.3) is 11.1 Å². The number of rotatable bonds is 4. The third-order valence-electron chi connectivity index (χ3n) is 2.68. The second kappa shape index (κ2) is 5.34. The first-order chi connectivity index (χ1) is 8.20. The van der Waals surface area contributed by atoms with Crippen molar-refractivity contribution in [1.82, 2.24) is 9.78 Å². The van der Waals surface area contributed by atoms with Gasteiger partial charge < -0.3 is 5.73 Å². The van der Waals surface area contributed by atoms with Gasteiger partial charge in [0.1, 0.15) is 0 Å². The normalized spacial score (nSPS) is 10.8. The van der Waals surface area contributed by atoms with E-state index in [1.807, 2.05) is 42.2 Å². The van der Waals surface area contributed by atoms with Gasteiger partial charge in [-0.15, -0.1) is 0 Å². The van der Waals surface area contributed by atoms with Crippen LogP contribution in [-0.4, -0.2) is 16.3 Å². The smallest absolute Gasteiger partial charge is 0.0703 e. The molecule has 0 unspecified atom stereocenters. The summed E-state index contributed by atoms with van der Waals surface area (Å²) in [7, 11) is 1.94. The third kappa shape index (κ3) is 2.87. The van der Waals surface area contributed by atoms with Crippen molar-refractivity contribution in [3.8, 4) is 11.1 Å². The number of nitrogens with two attached hydrogens (primary N) is 1. The monoisotopic (exact) mass is 249 g/mol. The SMILES string of the molecule is Cn1cc(-c2ccc(Cl)cc2)c(CCCN)n1. The minimum absolute atomic E-state index is 0.691. The predicted molar refractivity (Wildman–Crippen MR) is 71.0 cm³/mol. The van der Waals surface area contributed by atoms with E-state index in [2.05, 4.69) is 5.10 Å². The Bertz CT molecular complexity index is 488. The summed E-state index contributed by atoms with van der Waals surface area (Å²) in [4.78, 5) is 0. The number of nitrogens with zero attached hydrogens (tertiary/aromatic N) is 2. The van der Waals surface area contributed by atoms with Crippen molar-refractivity contribution in [2.45, 2.75) is 12.8 Å². The molecule has 1 heterocycles. The van der Waals surface area contributed by atoms with Crippen LogP contribution in [0.3, 0.4) is 0 Å². The molecule has 2 rings (SSSR count). The fraction of sp³-hybridized carbons (Fsp3) is 0.308. The van der Waals surface area contributed by atoms with Gasteiger partial charge in [0.25, 0.3) is 0 Å². The summed E-state index contributed by atoms with van der Waals surface area (Å²) in [5.41, 5.74) is 8.95. The van der Waals surface area contributed by atoms with Crippen molar-refractivity contribution in [3.05, 3.63) is 41.2 Å². The Hall–Kier alpha value is -1.32. The molecule has 2 aromatic rings. The fourth-order valence-corrected chi connectivity index (χ4v) is 1.99. The molecule has 0 bridgehead atoms. The number of hydrogen-bond acceptors (Lipinski definition) is 2. The number of halogens is 1. The Morgan fingerprint density at radius 2 is 2.00 bits per heavy atom. The molecule has 90 valence electrons. The second-order valence-electron chi connectivity index (χ2n) is 4.06. The maximum atomic E-state index is 5.89. The van der Waals surface area contributed by atoms with Crippen LogP contribution in [0.2, 0.25) is 5.02 Å². The maximum absolute atomic E-state index is 5.89. The first-order valence-corrected chi connectivity index (χ1v) is 6.07. The van der Waals surface area contributed by atoms with Crippen LogP contribution in [-0.2, 0) is 13.5 Å². The molecule has 0 aliphatic carbocycles. The quantitative estimate of drug-likeness (QED) is 0.905. The molecule has 1 aromatic carbocycles. The van der Waals surface area contributed by atoms with Gasteiger partial charge in [0.15, 0.2) is 0 Å². The van der Waals surface area contributed by atoms with Crippen molar-refractivity contribution in [2.75, 3.05) is 6.54 Å². The van der Waals surface area contributed by atoms with Crippen LogP contribution in [0.1, 0.15) is 12.1 Å². The van der Waals surface area contributed by atoms with E-state index in [0.29, 0.717) is 6.54 Å². The van der Waals surface area contributed by atoms with E-state index in [1.165, 1.54) is 0 Å². The molecule has 4 heteroatoms. The summed E-state index contributed by atoms with van der Waals surface area (Å²) in [6.45, 7) is 0.691. The lowest BCUT2D eigenvalue weighted by atomic mass is 10.0. The highest BCUT2D eigenvalue weighted by Gasteiger charge is 2.09. The first-order valence-electron chi connectivity index (χ1n) is 5.69. The fourth-order valence-electron chi connectivity index (χ4n) is 1.86. The first kappa shape index (κ1) is 12.1. The largest absolute Gasteiger partial charge is 0.330 e. The molecule has 0 saturated heterocycles. The second-order valence-corrected chi connectivity index (χ2v) is 4.50. The lowest BCUT2D eigenvalue weighted by Gasteiger charge is -2.01. The Balaban J connectivity index is 2.33. The van der Waals surface area contributed by atoms with Crippen molar-refractivity contribution < 1.29 is 0 Å². The Labute approximate surface area is 106 Å². The molecule has 1 aromatic heterocycles. The summed E-state index contributed by atoms with van der Waals surface area (Å²) in [5.74, 6) is 0. The summed E-state index contributed by atoms with van der Waals surface area (Å²) in [6, 6.07) is 7.84. The summed E-state index contributed by atoms with van der Waals surface area (Å²) < 4.78 is 1.84. The molecule has 0 atom stereocenters. The molecule has 17 heavy (non-hydrogen) atoms. The van der Waals surface area contributed by atoms with Crippen LogP contribution in [0.4, 0.5) is 0 Å². The average Bonchev–Trinajstić information content (AvgIpc) is 2.69.